The maximum atomic E-state index is 13.5. The van der Waals surface area contributed by atoms with E-state index in [1.165, 1.54) is 89.2 Å². The van der Waals surface area contributed by atoms with E-state index in [2.05, 4.69) is 6.92 Å². The Morgan fingerprint density at radius 1 is 0.741 bits per heavy atom. The number of hydrogen-bond acceptors (Lipinski definition) is 0. The number of hydrogen-bond donors (Lipinski definition) is 0. The topological polar surface area (TPSA) is 0 Å². The van der Waals surface area contributed by atoms with Gasteiger partial charge in [0.05, 0.1) is 0 Å². The smallest absolute Gasteiger partial charge is 0.159 e. The predicted octanol–water partition coefficient (Wildman–Crippen LogP) is 8.41. The highest BCUT2D eigenvalue weighted by Gasteiger charge is 2.31. The normalized spacial score (nSPS) is 29.0. The molecule has 2 aliphatic rings. The van der Waals surface area contributed by atoms with Crippen molar-refractivity contribution in [2.45, 2.75) is 103 Å². The highest BCUT2D eigenvalue weighted by atomic mass is 19.2. The van der Waals surface area contributed by atoms with Crippen molar-refractivity contribution < 1.29 is 8.78 Å². The molecule has 27 heavy (non-hydrogen) atoms. The first kappa shape index (κ1) is 20.8. The molecule has 0 nitrogen and oxygen atoms in total. The van der Waals surface area contributed by atoms with Gasteiger partial charge in [-0.1, -0.05) is 64.4 Å². The van der Waals surface area contributed by atoms with Gasteiger partial charge < -0.3 is 0 Å². The van der Waals surface area contributed by atoms with Crippen LogP contribution in [-0.2, 0) is 0 Å². The summed E-state index contributed by atoms with van der Waals surface area (Å²) < 4.78 is 26.7. The van der Waals surface area contributed by atoms with Gasteiger partial charge in [0.1, 0.15) is 0 Å². The molecule has 0 radical (unpaired) electrons. The fourth-order valence-electron chi connectivity index (χ4n) is 5.68. The van der Waals surface area contributed by atoms with E-state index in [1.807, 2.05) is 0 Å². The number of rotatable bonds is 8. The molecule has 152 valence electrons. The quantitative estimate of drug-likeness (QED) is 0.399. The van der Waals surface area contributed by atoms with Crippen LogP contribution in [0.5, 0.6) is 0 Å². The van der Waals surface area contributed by atoms with Gasteiger partial charge in [-0.2, -0.15) is 0 Å². The van der Waals surface area contributed by atoms with Gasteiger partial charge in [0.15, 0.2) is 11.6 Å². The van der Waals surface area contributed by atoms with Crippen molar-refractivity contribution in [3.8, 4) is 0 Å². The van der Waals surface area contributed by atoms with Gasteiger partial charge in [-0.05, 0) is 79.9 Å². The highest BCUT2D eigenvalue weighted by Crippen LogP contribution is 2.44. The Balaban J connectivity index is 1.36. The van der Waals surface area contributed by atoms with Crippen molar-refractivity contribution in [2.24, 2.45) is 17.8 Å². The predicted molar refractivity (Wildman–Crippen MR) is 110 cm³/mol. The summed E-state index contributed by atoms with van der Waals surface area (Å²) in [6, 6.07) is 4.50. The number of benzene rings is 1. The fraction of sp³-hybridized carbons (Fsp3) is 0.760. The summed E-state index contributed by atoms with van der Waals surface area (Å²) in [7, 11) is 0. The van der Waals surface area contributed by atoms with Crippen LogP contribution in [0, 0.1) is 29.4 Å². The van der Waals surface area contributed by atoms with Gasteiger partial charge in [0.25, 0.3) is 0 Å². The first-order valence-electron chi connectivity index (χ1n) is 11.6. The van der Waals surface area contributed by atoms with E-state index in [4.69, 9.17) is 0 Å². The van der Waals surface area contributed by atoms with E-state index in [0.29, 0.717) is 5.92 Å². The fourth-order valence-corrected chi connectivity index (χ4v) is 5.68. The molecular formula is C25H38F2. The average molecular weight is 377 g/mol. The van der Waals surface area contributed by atoms with E-state index >= 15 is 0 Å². The standard InChI is InChI=1S/C25H38F2/c1-2-3-4-5-6-7-19-8-10-20(11-9-19)21-12-14-22(15-13-21)23-16-17-24(26)25(27)18-23/h16-22H,2-15H2,1H3/t19-,20-,21-,22-. The number of halogens is 2. The molecule has 0 atom stereocenters. The molecule has 0 aliphatic heterocycles. The molecule has 0 N–H and O–H groups in total. The Kier molecular flexibility index (Phi) is 8.15. The maximum absolute atomic E-state index is 13.5. The van der Waals surface area contributed by atoms with Crippen LogP contribution in [-0.4, -0.2) is 0 Å². The summed E-state index contributed by atoms with van der Waals surface area (Å²) in [6.45, 7) is 2.28. The van der Waals surface area contributed by atoms with Gasteiger partial charge in [0.2, 0.25) is 0 Å². The third kappa shape index (κ3) is 6.03. The molecule has 3 rings (SSSR count). The third-order valence-corrected chi connectivity index (χ3v) is 7.46. The van der Waals surface area contributed by atoms with Crippen LogP contribution in [0.25, 0.3) is 0 Å². The van der Waals surface area contributed by atoms with Crippen LogP contribution >= 0.6 is 0 Å². The Hall–Kier alpha value is -0.920. The summed E-state index contributed by atoms with van der Waals surface area (Å²) in [6.07, 6.45) is 19.1. The number of unbranched alkanes of at least 4 members (excludes halogenated alkanes) is 4. The second-order valence-electron chi connectivity index (χ2n) is 9.27. The Morgan fingerprint density at radius 2 is 1.37 bits per heavy atom. The van der Waals surface area contributed by atoms with E-state index < -0.39 is 11.6 Å². The first-order valence-corrected chi connectivity index (χ1v) is 11.6. The SMILES string of the molecule is CCCCCCC[C@H]1CC[C@H]([C@H]2CC[C@H](c3ccc(F)c(F)c3)CC2)CC1. The van der Waals surface area contributed by atoms with Crippen LogP contribution < -0.4 is 0 Å². The molecule has 1 aromatic carbocycles. The zero-order valence-corrected chi connectivity index (χ0v) is 17.2. The maximum Gasteiger partial charge on any atom is 0.159 e. The molecule has 2 aliphatic carbocycles. The van der Waals surface area contributed by atoms with Gasteiger partial charge in [0, 0.05) is 0 Å². The van der Waals surface area contributed by atoms with Crippen LogP contribution in [0.15, 0.2) is 18.2 Å². The minimum absolute atomic E-state index is 0.427. The zero-order chi connectivity index (χ0) is 19.1. The van der Waals surface area contributed by atoms with E-state index in [9.17, 15) is 8.78 Å². The van der Waals surface area contributed by atoms with Crippen molar-refractivity contribution >= 4 is 0 Å². The molecule has 0 spiro atoms. The van der Waals surface area contributed by atoms with Crippen molar-refractivity contribution in [3.05, 3.63) is 35.4 Å². The Labute approximate surface area is 165 Å². The van der Waals surface area contributed by atoms with Gasteiger partial charge in [-0.25, -0.2) is 8.78 Å². The molecule has 0 unspecified atom stereocenters. The van der Waals surface area contributed by atoms with Crippen LogP contribution in [0.1, 0.15) is 108 Å². The summed E-state index contributed by atoms with van der Waals surface area (Å²) in [5.74, 6) is 1.79. The minimum Gasteiger partial charge on any atom is -0.204 e. The highest BCUT2D eigenvalue weighted by molar-refractivity contribution is 5.22. The monoisotopic (exact) mass is 376 g/mol. The summed E-state index contributed by atoms with van der Waals surface area (Å²) in [5, 5.41) is 0. The van der Waals surface area contributed by atoms with Gasteiger partial charge in [-0.3, -0.25) is 0 Å². The van der Waals surface area contributed by atoms with Crippen molar-refractivity contribution in [2.75, 3.05) is 0 Å². The lowest BCUT2D eigenvalue weighted by atomic mass is 9.68. The lowest BCUT2D eigenvalue weighted by molar-refractivity contribution is 0.155. The minimum atomic E-state index is -0.727. The van der Waals surface area contributed by atoms with E-state index in [-0.39, 0.29) is 0 Å². The Bertz CT molecular complexity index is 551. The largest absolute Gasteiger partial charge is 0.204 e. The summed E-state index contributed by atoms with van der Waals surface area (Å²) in [5.41, 5.74) is 0.999. The molecule has 0 bridgehead atoms. The van der Waals surface area contributed by atoms with Crippen molar-refractivity contribution in [1.29, 1.82) is 0 Å². The molecule has 2 saturated carbocycles. The molecule has 2 heteroatoms. The van der Waals surface area contributed by atoms with Gasteiger partial charge in [-0.15, -0.1) is 0 Å². The second-order valence-corrected chi connectivity index (χ2v) is 9.27. The summed E-state index contributed by atoms with van der Waals surface area (Å²) in [4.78, 5) is 0. The molecular weight excluding hydrogens is 338 g/mol. The van der Waals surface area contributed by atoms with Crippen LogP contribution in [0.3, 0.4) is 0 Å². The third-order valence-electron chi connectivity index (χ3n) is 7.46. The van der Waals surface area contributed by atoms with Gasteiger partial charge >= 0.3 is 0 Å². The molecule has 0 aromatic heterocycles. The van der Waals surface area contributed by atoms with Crippen LogP contribution in [0.4, 0.5) is 8.78 Å². The van der Waals surface area contributed by atoms with Crippen molar-refractivity contribution in [1.82, 2.24) is 0 Å². The lowest BCUT2D eigenvalue weighted by Gasteiger charge is -2.38. The summed E-state index contributed by atoms with van der Waals surface area (Å²) >= 11 is 0. The van der Waals surface area contributed by atoms with Crippen molar-refractivity contribution in [3.63, 3.8) is 0 Å². The zero-order valence-electron chi connectivity index (χ0n) is 17.2. The van der Waals surface area contributed by atoms with E-state index in [0.717, 1.165) is 36.2 Å². The molecule has 0 heterocycles. The second kappa shape index (κ2) is 10.6. The lowest BCUT2D eigenvalue weighted by Crippen LogP contribution is -2.25. The van der Waals surface area contributed by atoms with Crippen LogP contribution in [0.2, 0.25) is 0 Å². The first-order chi connectivity index (χ1) is 13.2. The Morgan fingerprint density at radius 3 is 2.00 bits per heavy atom. The average Bonchev–Trinajstić information content (AvgIpc) is 2.71. The molecule has 0 amide bonds. The molecule has 0 saturated heterocycles. The van der Waals surface area contributed by atoms with E-state index in [1.54, 1.807) is 6.07 Å². The molecule has 1 aromatic rings. The molecule has 2 fully saturated rings.